The molecule has 0 spiro atoms. The van der Waals surface area contributed by atoms with Gasteiger partial charge in [0.25, 0.3) is 0 Å². The van der Waals surface area contributed by atoms with E-state index in [0.717, 1.165) is 22.4 Å². The summed E-state index contributed by atoms with van der Waals surface area (Å²) >= 11 is 3.35. The smallest absolute Gasteiger partial charge is 0.122 e. The Balaban J connectivity index is 3.20. The zero-order valence-electron chi connectivity index (χ0n) is 8.10. The highest BCUT2D eigenvalue weighted by Gasteiger charge is 2.08. The molecule has 0 aromatic heterocycles. The van der Waals surface area contributed by atoms with Crippen LogP contribution in [0, 0.1) is 13.8 Å². The van der Waals surface area contributed by atoms with Gasteiger partial charge in [-0.1, -0.05) is 15.9 Å². The summed E-state index contributed by atoms with van der Waals surface area (Å²) in [5.74, 6) is 0.911. The molecule has 0 saturated carbocycles. The van der Waals surface area contributed by atoms with Gasteiger partial charge in [-0.05, 0) is 42.7 Å². The van der Waals surface area contributed by atoms with Gasteiger partial charge in [0.2, 0.25) is 0 Å². The summed E-state index contributed by atoms with van der Waals surface area (Å²) in [5.41, 5.74) is 9.11. The predicted octanol–water partition coefficient (Wildman–Crippen LogP) is 2.66. The summed E-state index contributed by atoms with van der Waals surface area (Å²) in [5, 5.41) is 0. The molecule has 1 atom stereocenters. The van der Waals surface area contributed by atoms with Crippen LogP contribution in [0.15, 0.2) is 12.1 Å². The van der Waals surface area contributed by atoms with Crippen LogP contribution in [0.3, 0.4) is 0 Å². The number of hydrogen-bond donors (Lipinski definition) is 1. The highest BCUT2D eigenvalue weighted by Crippen LogP contribution is 2.27. The second-order valence-electron chi connectivity index (χ2n) is 3.08. The van der Waals surface area contributed by atoms with Gasteiger partial charge in [-0.25, -0.2) is 0 Å². The Bertz CT molecular complexity index is 310. The van der Waals surface area contributed by atoms with Gasteiger partial charge in [-0.3, -0.25) is 0 Å². The predicted molar refractivity (Wildman–Crippen MR) is 58.3 cm³/mol. The summed E-state index contributed by atoms with van der Waals surface area (Å²) in [6, 6.07) is 4.05. The van der Waals surface area contributed by atoms with Crippen LogP contribution in [0.2, 0.25) is 0 Å². The van der Waals surface area contributed by atoms with E-state index < -0.39 is 0 Å². The minimum Gasteiger partial charge on any atom is -0.496 e. The second kappa shape index (κ2) is 4.11. The minimum absolute atomic E-state index is 0.0999. The van der Waals surface area contributed by atoms with Crippen molar-refractivity contribution in [2.24, 2.45) is 5.73 Å². The Morgan fingerprint density at radius 1 is 1.31 bits per heavy atom. The van der Waals surface area contributed by atoms with Crippen molar-refractivity contribution in [3.05, 3.63) is 28.8 Å². The maximum atomic E-state index is 5.75. The largest absolute Gasteiger partial charge is 0.496 e. The fourth-order valence-electron chi connectivity index (χ4n) is 1.33. The van der Waals surface area contributed by atoms with Crippen molar-refractivity contribution in [2.45, 2.75) is 18.8 Å². The first-order valence-corrected chi connectivity index (χ1v) is 5.02. The zero-order chi connectivity index (χ0) is 10.0. The molecule has 0 aliphatic heterocycles. The monoisotopic (exact) mass is 243 g/mol. The SMILES string of the molecule is COc1cc(C)c(C(N)Br)cc1C. The van der Waals surface area contributed by atoms with Gasteiger partial charge < -0.3 is 10.5 Å². The molecule has 0 aliphatic rings. The maximum Gasteiger partial charge on any atom is 0.122 e. The van der Waals surface area contributed by atoms with E-state index in [1.54, 1.807) is 7.11 Å². The van der Waals surface area contributed by atoms with E-state index >= 15 is 0 Å². The van der Waals surface area contributed by atoms with Gasteiger partial charge in [-0.15, -0.1) is 0 Å². The lowest BCUT2D eigenvalue weighted by Gasteiger charge is -2.12. The number of aryl methyl sites for hydroxylation is 2. The fraction of sp³-hybridized carbons (Fsp3) is 0.400. The second-order valence-corrected chi connectivity index (χ2v) is 4.07. The van der Waals surface area contributed by atoms with Gasteiger partial charge in [0, 0.05) is 0 Å². The first-order chi connectivity index (χ1) is 6.06. The summed E-state index contributed by atoms with van der Waals surface area (Å²) in [4.78, 5) is -0.0999. The average Bonchev–Trinajstić information content (AvgIpc) is 2.07. The van der Waals surface area contributed by atoms with Gasteiger partial charge in [0.15, 0.2) is 0 Å². The van der Waals surface area contributed by atoms with E-state index in [1.807, 2.05) is 26.0 Å². The van der Waals surface area contributed by atoms with Gasteiger partial charge in [0.1, 0.15) is 5.75 Å². The van der Waals surface area contributed by atoms with Gasteiger partial charge in [0.05, 0.1) is 12.1 Å². The normalized spacial score (nSPS) is 12.7. The van der Waals surface area contributed by atoms with Crippen LogP contribution in [-0.4, -0.2) is 7.11 Å². The van der Waals surface area contributed by atoms with Crippen molar-refractivity contribution in [3.63, 3.8) is 0 Å². The molecule has 2 N–H and O–H groups in total. The fourth-order valence-corrected chi connectivity index (χ4v) is 1.82. The summed E-state index contributed by atoms with van der Waals surface area (Å²) < 4.78 is 5.20. The van der Waals surface area contributed by atoms with Crippen LogP contribution in [0.25, 0.3) is 0 Å². The Kier molecular flexibility index (Phi) is 3.33. The zero-order valence-corrected chi connectivity index (χ0v) is 9.68. The number of benzene rings is 1. The number of methoxy groups -OCH3 is 1. The molecular weight excluding hydrogens is 230 g/mol. The van der Waals surface area contributed by atoms with Crippen LogP contribution in [0.1, 0.15) is 21.6 Å². The molecule has 1 rings (SSSR count). The molecule has 0 heterocycles. The van der Waals surface area contributed by atoms with Crippen LogP contribution in [0.4, 0.5) is 0 Å². The maximum absolute atomic E-state index is 5.75. The van der Waals surface area contributed by atoms with E-state index in [0.29, 0.717) is 0 Å². The third-order valence-corrected chi connectivity index (χ3v) is 2.57. The quantitative estimate of drug-likeness (QED) is 0.641. The third kappa shape index (κ3) is 2.23. The van der Waals surface area contributed by atoms with E-state index in [9.17, 15) is 0 Å². The molecule has 0 amide bonds. The third-order valence-electron chi connectivity index (χ3n) is 2.08. The summed E-state index contributed by atoms with van der Waals surface area (Å²) in [6.45, 7) is 4.04. The number of halogens is 1. The van der Waals surface area contributed by atoms with E-state index in [4.69, 9.17) is 10.5 Å². The van der Waals surface area contributed by atoms with Crippen molar-refractivity contribution in [1.29, 1.82) is 0 Å². The van der Waals surface area contributed by atoms with Crippen LogP contribution < -0.4 is 10.5 Å². The standard InChI is InChI=1S/C10H14BrNO/c1-6-5-9(13-3)7(2)4-8(6)10(11)12/h4-5,10H,12H2,1-3H3. The minimum atomic E-state index is -0.0999. The lowest BCUT2D eigenvalue weighted by atomic mass is 10.0. The molecule has 72 valence electrons. The Morgan fingerprint density at radius 2 is 1.92 bits per heavy atom. The van der Waals surface area contributed by atoms with Crippen molar-refractivity contribution in [1.82, 2.24) is 0 Å². The summed E-state index contributed by atoms with van der Waals surface area (Å²) in [7, 11) is 1.68. The van der Waals surface area contributed by atoms with Crippen molar-refractivity contribution < 1.29 is 4.74 Å². The molecule has 0 saturated heterocycles. The number of alkyl halides is 1. The molecule has 13 heavy (non-hydrogen) atoms. The highest BCUT2D eigenvalue weighted by atomic mass is 79.9. The molecule has 1 aromatic rings. The van der Waals surface area contributed by atoms with E-state index in [-0.39, 0.29) is 4.95 Å². The lowest BCUT2D eigenvalue weighted by Crippen LogP contribution is -2.04. The van der Waals surface area contributed by atoms with Gasteiger partial charge >= 0.3 is 0 Å². The Hall–Kier alpha value is -0.540. The first kappa shape index (κ1) is 10.5. The van der Waals surface area contributed by atoms with E-state index in [1.165, 1.54) is 0 Å². The molecule has 0 fully saturated rings. The number of rotatable bonds is 2. The molecule has 1 unspecified atom stereocenters. The van der Waals surface area contributed by atoms with Crippen molar-refractivity contribution in [2.75, 3.05) is 7.11 Å². The van der Waals surface area contributed by atoms with E-state index in [2.05, 4.69) is 15.9 Å². The lowest BCUT2D eigenvalue weighted by molar-refractivity contribution is 0.411. The number of ether oxygens (including phenoxy) is 1. The average molecular weight is 244 g/mol. The number of hydrogen-bond acceptors (Lipinski definition) is 2. The van der Waals surface area contributed by atoms with Crippen LogP contribution >= 0.6 is 15.9 Å². The first-order valence-electron chi connectivity index (χ1n) is 4.11. The summed E-state index contributed by atoms with van der Waals surface area (Å²) in [6.07, 6.45) is 0. The van der Waals surface area contributed by atoms with Crippen molar-refractivity contribution in [3.8, 4) is 5.75 Å². The highest BCUT2D eigenvalue weighted by molar-refractivity contribution is 9.09. The number of nitrogens with two attached hydrogens (primary N) is 1. The Morgan fingerprint density at radius 3 is 2.38 bits per heavy atom. The molecule has 1 aromatic carbocycles. The van der Waals surface area contributed by atoms with Gasteiger partial charge in [-0.2, -0.15) is 0 Å². The molecular formula is C10H14BrNO. The molecule has 2 nitrogen and oxygen atoms in total. The van der Waals surface area contributed by atoms with Crippen LogP contribution in [-0.2, 0) is 0 Å². The molecule has 0 aliphatic carbocycles. The molecule has 0 bridgehead atoms. The Labute approximate surface area is 87.2 Å². The topological polar surface area (TPSA) is 35.2 Å². The van der Waals surface area contributed by atoms with Crippen molar-refractivity contribution >= 4 is 15.9 Å². The van der Waals surface area contributed by atoms with Crippen LogP contribution in [0.5, 0.6) is 5.75 Å². The molecule has 0 radical (unpaired) electrons. The molecule has 3 heteroatoms.